The maximum atomic E-state index is 13.8. The van der Waals surface area contributed by atoms with Crippen molar-refractivity contribution in [3.63, 3.8) is 0 Å². The van der Waals surface area contributed by atoms with Gasteiger partial charge in [0.25, 0.3) is 5.91 Å². The van der Waals surface area contributed by atoms with Crippen molar-refractivity contribution in [2.45, 2.75) is 18.7 Å². The van der Waals surface area contributed by atoms with E-state index < -0.39 is 28.4 Å². The first-order valence-corrected chi connectivity index (χ1v) is 11.0. The maximum absolute atomic E-state index is 13.8. The first-order chi connectivity index (χ1) is 13.7. The van der Waals surface area contributed by atoms with Gasteiger partial charge in [-0.25, -0.2) is 12.8 Å². The number of sulfonamides is 1. The van der Waals surface area contributed by atoms with Crippen molar-refractivity contribution in [1.29, 1.82) is 0 Å². The van der Waals surface area contributed by atoms with Gasteiger partial charge in [-0.15, -0.1) is 0 Å². The van der Waals surface area contributed by atoms with Crippen molar-refractivity contribution < 1.29 is 27.1 Å². The molecule has 10 heteroatoms. The molecule has 0 saturated heterocycles. The van der Waals surface area contributed by atoms with Crippen LogP contribution < -0.4 is 14.8 Å². The van der Waals surface area contributed by atoms with Crippen molar-refractivity contribution in [1.82, 2.24) is 4.31 Å². The fourth-order valence-corrected chi connectivity index (χ4v) is 4.40. The number of anilines is 1. The Balaban J connectivity index is 2.19. The normalized spacial score (nSPS) is 11.4. The lowest BCUT2D eigenvalue weighted by Crippen LogP contribution is -2.30. The molecule has 0 radical (unpaired) electrons. The summed E-state index contributed by atoms with van der Waals surface area (Å²) in [5.41, 5.74) is 0.172. The summed E-state index contributed by atoms with van der Waals surface area (Å²) in [5, 5.41) is 2.55. The van der Waals surface area contributed by atoms with Gasteiger partial charge in [-0.3, -0.25) is 4.79 Å². The predicted molar refractivity (Wildman–Crippen MR) is 111 cm³/mol. The number of carbonyl (C=O) groups is 1. The molecule has 0 aromatic heterocycles. The molecule has 0 heterocycles. The highest BCUT2D eigenvalue weighted by atomic mass is 79.9. The van der Waals surface area contributed by atoms with Crippen molar-refractivity contribution in [3.8, 4) is 11.5 Å². The minimum Gasteiger partial charge on any atom is -0.495 e. The van der Waals surface area contributed by atoms with Crippen molar-refractivity contribution in [2.24, 2.45) is 0 Å². The molecule has 29 heavy (non-hydrogen) atoms. The minimum atomic E-state index is -3.71. The van der Waals surface area contributed by atoms with Gasteiger partial charge >= 0.3 is 0 Å². The van der Waals surface area contributed by atoms with Crippen LogP contribution >= 0.6 is 15.9 Å². The first-order valence-electron chi connectivity index (χ1n) is 8.78. The number of nitrogens with zero attached hydrogens (tertiary/aromatic N) is 1. The zero-order valence-electron chi connectivity index (χ0n) is 16.2. The van der Waals surface area contributed by atoms with Gasteiger partial charge in [0.2, 0.25) is 10.0 Å². The van der Waals surface area contributed by atoms with E-state index in [1.165, 1.54) is 41.7 Å². The smallest absolute Gasteiger partial charge is 0.262 e. The zero-order valence-corrected chi connectivity index (χ0v) is 18.6. The number of halogens is 2. The molecule has 0 aliphatic carbocycles. The Hall–Kier alpha value is -2.17. The monoisotopic (exact) mass is 488 g/mol. The van der Waals surface area contributed by atoms with E-state index in [2.05, 4.69) is 21.2 Å². The standard InChI is InChI=1S/C19H22BrFN2O5S/c1-4-23(5-2)29(25,26)14-7-9-18(27-3)16(11-14)22-19(24)12-28-17-8-6-13(20)10-15(17)21/h6-11H,4-5,12H2,1-3H3,(H,22,24). The van der Waals surface area contributed by atoms with Crippen LogP contribution in [0.15, 0.2) is 45.8 Å². The second kappa shape index (κ2) is 10.0. The second-order valence-corrected chi connectivity index (χ2v) is 8.72. The summed E-state index contributed by atoms with van der Waals surface area (Å²) >= 11 is 3.14. The van der Waals surface area contributed by atoms with Crippen LogP contribution in [0.4, 0.5) is 10.1 Å². The highest BCUT2D eigenvalue weighted by molar-refractivity contribution is 9.10. The third-order valence-corrected chi connectivity index (χ3v) is 6.58. The molecular weight excluding hydrogens is 467 g/mol. The van der Waals surface area contributed by atoms with Gasteiger partial charge in [-0.2, -0.15) is 4.31 Å². The van der Waals surface area contributed by atoms with Crippen LogP contribution in [0.5, 0.6) is 11.5 Å². The van der Waals surface area contributed by atoms with Crippen LogP contribution in [-0.2, 0) is 14.8 Å². The Kier molecular flexibility index (Phi) is 8.00. The van der Waals surface area contributed by atoms with E-state index in [1.54, 1.807) is 19.9 Å². The summed E-state index contributed by atoms with van der Waals surface area (Å²) in [5.74, 6) is -1.00. The molecule has 158 valence electrons. The first kappa shape index (κ1) is 23.1. The SMILES string of the molecule is CCN(CC)S(=O)(=O)c1ccc(OC)c(NC(=O)COc2ccc(Br)cc2F)c1. The van der Waals surface area contributed by atoms with Crippen molar-refractivity contribution in [3.05, 3.63) is 46.7 Å². The third-order valence-electron chi connectivity index (χ3n) is 4.04. The number of ether oxygens (including phenoxy) is 2. The van der Waals surface area contributed by atoms with E-state index in [9.17, 15) is 17.6 Å². The van der Waals surface area contributed by atoms with E-state index in [1.807, 2.05) is 0 Å². The molecule has 1 amide bonds. The van der Waals surface area contributed by atoms with E-state index >= 15 is 0 Å². The topological polar surface area (TPSA) is 84.9 Å². The number of hydrogen-bond donors (Lipinski definition) is 1. The quantitative estimate of drug-likeness (QED) is 0.582. The van der Waals surface area contributed by atoms with Gasteiger partial charge in [-0.1, -0.05) is 29.8 Å². The molecular formula is C19H22BrFN2O5S. The molecule has 0 spiro atoms. The molecule has 0 saturated carbocycles. The van der Waals surface area contributed by atoms with E-state index in [4.69, 9.17) is 9.47 Å². The number of amides is 1. The highest BCUT2D eigenvalue weighted by Gasteiger charge is 2.23. The third kappa shape index (κ3) is 5.68. The summed E-state index contributed by atoms with van der Waals surface area (Å²) < 4.78 is 51.5. The molecule has 0 atom stereocenters. The van der Waals surface area contributed by atoms with Crippen LogP contribution in [0.3, 0.4) is 0 Å². The number of rotatable bonds is 9. The van der Waals surface area contributed by atoms with Crippen molar-refractivity contribution >= 4 is 37.5 Å². The fraction of sp³-hybridized carbons (Fsp3) is 0.316. The van der Waals surface area contributed by atoms with Crippen LogP contribution in [0.25, 0.3) is 0 Å². The second-order valence-electron chi connectivity index (χ2n) is 5.86. The Morgan fingerprint density at radius 2 is 1.79 bits per heavy atom. The van der Waals surface area contributed by atoms with E-state index in [0.717, 1.165) is 0 Å². The van der Waals surface area contributed by atoms with Crippen molar-refractivity contribution in [2.75, 3.05) is 32.1 Å². The lowest BCUT2D eigenvalue weighted by Gasteiger charge is -2.19. The Bertz CT molecular complexity index is 981. The zero-order chi connectivity index (χ0) is 21.6. The molecule has 0 bridgehead atoms. The maximum Gasteiger partial charge on any atom is 0.262 e. The average Bonchev–Trinajstić information content (AvgIpc) is 2.68. The summed E-state index contributed by atoms with van der Waals surface area (Å²) in [6.07, 6.45) is 0. The van der Waals surface area contributed by atoms with Gasteiger partial charge in [0.1, 0.15) is 5.75 Å². The number of carbonyl (C=O) groups excluding carboxylic acids is 1. The minimum absolute atomic E-state index is 0.0252. The van der Waals surface area contributed by atoms with Crippen LogP contribution in [-0.4, -0.2) is 45.4 Å². The molecule has 2 aromatic carbocycles. The molecule has 0 fully saturated rings. The molecule has 0 aliphatic rings. The van der Waals surface area contributed by atoms with Crippen LogP contribution in [0.2, 0.25) is 0 Å². The number of hydrogen-bond acceptors (Lipinski definition) is 5. The summed E-state index contributed by atoms with van der Waals surface area (Å²) in [6.45, 7) is 3.66. The van der Waals surface area contributed by atoms with Gasteiger partial charge in [-0.05, 0) is 36.4 Å². The number of methoxy groups -OCH3 is 1. The predicted octanol–water partition coefficient (Wildman–Crippen LogP) is 3.64. The summed E-state index contributed by atoms with van der Waals surface area (Å²) in [7, 11) is -2.31. The van der Waals surface area contributed by atoms with Gasteiger partial charge in [0.05, 0.1) is 17.7 Å². The van der Waals surface area contributed by atoms with E-state index in [-0.39, 0.29) is 22.1 Å². The lowest BCUT2D eigenvalue weighted by atomic mass is 10.3. The highest BCUT2D eigenvalue weighted by Crippen LogP contribution is 2.29. The van der Waals surface area contributed by atoms with Crippen LogP contribution in [0.1, 0.15) is 13.8 Å². The molecule has 1 N–H and O–H groups in total. The summed E-state index contributed by atoms with van der Waals surface area (Å²) in [6, 6.07) is 8.39. The molecule has 2 rings (SSSR count). The van der Waals surface area contributed by atoms with Gasteiger partial charge < -0.3 is 14.8 Å². The Morgan fingerprint density at radius 3 is 2.38 bits per heavy atom. The Morgan fingerprint density at radius 1 is 1.14 bits per heavy atom. The number of nitrogens with one attached hydrogen (secondary N) is 1. The number of benzene rings is 2. The lowest BCUT2D eigenvalue weighted by molar-refractivity contribution is -0.118. The largest absolute Gasteiger partial charge is 0.495 e. The molecule has 2 aromatic rings. The Labute approximate surface area is 178 Å². The molecule has 7 nitrogen and oxygen atoms in total. The van der Waals surface area contributed by atoms with Gasteiger partial charge in [0.15, 0.2) is 18.2 Å². The summed E-state index contributed by atoms with van der Waals surface area (Å²) in [4.78, 5) is 12.3. The molecule has 0 unspecified atom stereocenters. The van der Waals surface area contributed by atoms with E-state index in [0.29, 0.717) is 17.6 Å². The average molecular weight is 489 g/mol. The van der Waals surface area contributed by atoms with Gasteiger partial charge in [0, 0.05) is 17.6 Å². The van der Waals surface area contributed by atoms with Crippen LogP contribution in [0, 0.1) is 5.82 Å². The fourth-order valence-electron chi connectivity index (χ4n) is 2.58. The molecule has 0 aliphatic heterocycles.